The van der Waals surface area contributed by atoms with Crippen molar-refractivity contribution in [3.8, 4) is 0 Å². The Morgan fingerprint density at radius 3 is 2.87 bits per heavy atom. The predicted molar refractivity (Wildman–Crippen MR) is 94.0 cm³/mol. The lowest BCUT2D eigenvalue weighted by atomic mass is 10.1. The molecule has 0 bridgehead atoms. The smallest absolute Gasteiger partial charge is 0.278 e. The first-order valence-electron chi connectivity index (χ1n) is 7.92. The Labute approximate surface area is 140 Å². The minimum Gasteiger partial charge on any atom is -0.355 e. The molecule has 2 aromatic rings. The van der Waals surface area contributed by atoms with Crippen LogP contribution in [0.15, 0.2) is 16.0 Å². The Balaban J connectivity index is 2.10. The molecule has 0 saturated heterocycles. The molecule has 0 aliphatic heterocycles. The Morgan fingerprint density at radius 1 is 1.48 bits per heavy atom. The van der Waals surface area contributed by atoms with Crippen LogP contribution >= 0.6 is 11.8 Å². The highest BCUT2D eigenvalue weighted by molar-refractivity contribution is 7.99. The van der Waals surface area contributed by atoms with E-state index in [1.807, 2.05) is 19.9 Å². The van der Waals surface area contributed by atoms with Gasteiger partial charge >= 0.3 is 0 Å². The van der Waals surface area contributed by atoms with Gasteiger partial charge in [-0.25, -0.2) is 4.98 Å². The quantitative estimate of drug-likeness (QED) is 0.601. The number of H-pyrrole nitrogens is 1. The van der Waals surface area contributed by atoms with Gasteiger partial charge in [0.2, 0.25) is 5.91 Å². The SMILES string of the molecule is CCn1c(SCC(=O)NCCC(C)C)nc2cc(C)[nH]c2c1=O. The van der Waals surface area contributed by atoms with Crippen molar-refractivity contribution in [1.29, 1.82) is 0 Å². The number of fused-ring (bicyclic) bond motifs is 1. The first-order chi connectivity index (χ1) is 10.9. The summed E-state index contributed by atoms with van der Waals surface area (Å²) in [6, 6.07) is 1.85. The number of aryl methyl sites for hydroxylation is 1. The fourth-order valence-electron chi connectivity index (χ4n) is 2.28. The molecule has 0 aliphatic rings. The Morgan fingerprint density at radius 2 is 2.22 bits per heavy atom. The van der Waals surface area contributed by atoms with Crippen LogP contribution in [0.4, 0.5) is 0 Å². The van der Waals surface area contributed by atoms with Gasteiger partial charge in [-0.05, 0) is 32.3 Å². The second kappa shape index (κ2) is 7.68. The normalized spacial score (nSPS) is 11.3. The molecule has 2 heterocycles. The average Bonchev–Trinajstić information content (AvgIpc) is 2.85. The molecule has 23 heavy (non-hydrogen) atoms. The number of carbonyl (C=O) groups excluding carboxylic acids is 1. The molecule has 2 rings (SSSR count). The van der Waals surface area contributed by atoms with Gasteiger partial charge in [-0.15, -0.1) is 0 Å². The number of nitrogens with zero attached hydrogens (tertiary/aromatic N) is 2. The summed E-state index contributed by atoms with van der Waals surface area (Å²) in [4.78, 5) is 31.9. The molecular formula is C16H24N4O2S. The maximum Gasteiger partial charge on any atom is 0.278 e. The molecule has 0 radical (unpaired) electrons. The zero-order valence-corrected chi connectivity index (χ0v) is 14.9. The lowest BCUT2D eigenvalue weighted by molar-refractivity contribution is -0.118. The summed E-state index contributed by atoms with van der Waals surface area (Å²) in [5, 5.41) is 3.48. The van der Waals surface area contributed by atoms with Crippen molar-refractivity contribution in [2.45, 2.75) is 45.8 Å². The third-order valence-corrected chi connectivity index (χ3v) is 4.51. The van der Waals surface area contributed by atoms with Crippen molar-refractivity contribution in [1.82, 2.24) is 19.9 Å². The van der Waals surface area contributed by atoms with Crippen molar-refractivity contribution in [3.05, 3.63) is 22.1 Å². The number of aromatic amines is 1. The minimum atomic E-state index is -0.0895. The van der Waals surface area contributed by atoms with E-state index in [2.05, 4.69) is 29.1 Å². The lowest BCUT2D eigenvalue weighted by Crippen LogP contribution is -2.28. The average molecular weight is 336 g/mol. The second-order valence-corrected chi connectivity index (χ2v) is 6.92. The molecule has 0 aromatic carbocycles. The van der Waals surface area contributed by atoms with Crippen molar-refractivity contribution in [2.24, 2.45) is 5.92 Å². The first-order valence-corrected chi connectivity index (χ1v) is 8.90. The van der Waals surface area contributed by atoms with Crippen molar-refractivity contribution in [3.63, 3.8) is 0 Å². The highest BCUT2D eigenvalue weighted by atomic mass is 32.2. The summed E-state index contributed by atoms with van der Waals surface area (Å²) in [6.45, 7) is 9.25. The molecule has 0 saturated carbocycles. The van der Waals surface area contributed by atoms with Gasteiger partial charge < -0.3 is 10.3 Å². The van der Waals surface area contributed by atoms with E-state index in [9.17, 15) is 9.59 Å². The van der Waals surface area contributed by atoms with Crippen LogP contribution in [0.2, 0.25) is 0 Å². The Bertz CT molecular complexity index is 748. The van der Waals surface area contributed by atoms with Gasteiger partial charge in [0.05, 0.1) is 11.3 Å². The molecule has 0 unspecified atom stereocenters. The van der Waals surface area contributed by atoms with Crippen LogP contribution < -0.4 is 10.9 Å². The van der Waals surface area contributed by atoms with E-state index in [-0.39, 0.29) is 17.2 Å². The number of carbonyl (C=O) groups is 1. The summed E-state index contributed by atoms with van der Waals surface area (Å²) in [5.41, 5.74) is 1.99. The van der Waals surface area contributed by atoms with Crippen LogP contribution in [-0.4, -0.2) is 32.7 Å². The van der Waals surface area contributed by atoms with Crippen LogP contribution in [0.5, 0.6) is 0 Å². The number of hydrogen-bond acceptors (Lipinski definition) is 4. The zero-order chi connectivity index (χ0) is 17.0. The van der Waals surface area contributed by atoms with Gasteiger partial charge in [-0.1, -0.05) is 25.6 Å². The van der Waals surface area contributed by atoms with E-state index in [1.54, 1.807) is 4.57 Å². The maximum atomic E-state index is 12.5. The molecule has 0 aliphatic carbocycles. The third kappa shape index (κ3) is 4.37. The van der Waals surface area contributed by atoms with Crippen LogP contribution in [0, 0.1) is 12.8 Å². The standard InChI is InChI=1S/C16H24N4O2S/c1-5-20-15(22)14-12(8-11(4)18-14)19-16(20)23-9-13(21)17-7-6-10(2)3/h8,10,18H,5-7,9H2,1-4H3,(H,17,21). The molecular weight excluding hydrogens is 312 g/mol. The first kappa shape index (κ1) is 17.6. The largest absolute Gasteiger partial charge is 0.355 e. The number of nitrogens with one attached hydrogen (secondary N) is 2. The molecule has 2 N–H and O–H groups in total. The van der Waals surface area contributed by atoms with Gasteiger partial charge in [0.1, 0.15) is 5.52 Å². The summed E-state index contributed by atoms with van der Waals surface area (Å²) >= 11 is 1.30. The van der Waals surface area contributed by atoms with Crippen LogP contribution in [0.25, 0.3) is 11.0 Å². The molecule has 0 atom stereocenters. The van der Waals surface area contributed by atoms with Gasteiger partial charge in [0, 0.05) is 18.8 Å². The van der Waals surface area contributed by atoms with Gasteiger partial charge in [-0.2, -0.15) is 0 Å². The van der Waals surface area contributed by atoms with E-state index < -0.39 is 0 Å². The number of hydrogen-bond donors (Lipinski definition) is 2. The highest BCUT2D eigenvalue weighted by Gasteiger charge is 2.13. The minimum absolute atomic E-state index is 0.0297. The van der Waals surface area contributed by atoms with Crippen LogP contribution in [0.1, 0.15) is 32.9 Å². The van der Waals surface area contributed by atoms with Gasteiger partial charge in [0.25, 0.3) is 5.56 Å². The molecule has 7 heteroatoms. The zero-order valence-electron chi connectivity index (χ0n) is 14.1. The lowest BCUT2D eigenvalue weighted by Gasteiger charge is -2.10. The van der Waals surface area contributed by atoms with Crippen molar-refractivity contribution < 1.29 is 4.79 Å². The van der Waals surface area contributed by atoms with Crippen LogP contribution in [0.3, 0.4) is 0 Å². The number of amides is 1. The number of rotatable bonds is 7. The summed E-state index contributed by atoms with van der Waals surface area (Å²) in [7, 11) is 0. The topological polar surface area (TPSA) is 79.8 Å². The van der Waals surface area contributed by atoms with E-state index in [4.69, 9.17) is 0 Å². The molecule has 2 aromatic heterocycles. The monoisotopic (exact) mass is 336 g/mol. The van der Waals surface area contributed by atoms with Crippen LogP contribution in [-0.2, 0) is 11.3 Å². The van der Waals surface area contributed by atoms with E-state index in [0.29, 0.717) is 35.2 Å². The Kier molecular flexibility index (Phi) is 5.87. The highest BCUT2D eigenvalue weighted by Crippen LogP contribution is 2.18. The molecule has 6 nitrogen and oxygen atoms in total. The fourth-order valence-corrected chi connectivity index (χ4v) is 3.17. The molecule has 0 spiro atoms. The number of aromatic nitrogens is 3. The molecule has 126 valence electrons. The third-order valence-electron chi connectivity index (χ3n) is 3.53. The van der Waals surface area contributed by atoms with E-state index in [0.717, 1.165) is 12.1 Å². The molecule has 0 fully saturated rings. The van der Waals surface area contributed by atoms with E-state index >= 15 is 0 Å². The second-order valence-electron chi connectivity index (χ2n) is 5.98. The summed E-state index contributed by atoms with van der Waals surface area (Å²) in [5.74, 6) is 0.798. The van der Waals surface area contributed by atoms with Gasteiger partial charge in [-0.3, -0.25) is 14.2 Å². The van der Waals surface area contributed by atoms with Crippen molar-refractivity contribution in [2.75, 3.05) is 12.3 Å². The number of thioether (sulfide) groups is 1. The van der Waals surface area contributed by atoms with E-state index in [1.165, 1.54) is 11.8 Å². The Hall–Kier alpha value is -1.76. The molecule has 1 amide bonds. The maximum absolute atomic E-state index is 12.5. The van der Waals surface area contributed by atoms with Crippen molar-refractivity contribution >= 4 is 28.7 Å². The van der Waals surface area contributed by atoms with Gasteiger partial charge in [0.15, 0.2) is 5.16 Å². The summed E-state index contributed by atoms with van der Waals surface area (Å²) in [6.07, 6.45) is 0.961. The predicted octanol–water partition coefficient (Wildman–Crippen LogP) is 2.31. The summed E-state index contributed by atoms with van der Waals surface area (Å²) < 4.78 is 1.60. The fraction of sp³-hybridized carbons (Fsp3) is 0.562.